The van der Waals surface area contributed by atoms with Gasteiger partial charge in [-0.15, -0.1) is 0 Å². The number of aliphatic hydroxyl groups is 1. The van der Waals surface area contributed by atoms with Crippen LogP contribution in [0, 0.1) is 0 Å². The zero-order valence-electron chi connectivity index (χ0n) is 6.39. The van der Waals surface area contributed by atoms with Crippen LogP contribution >= 0.6 is 11.6 Å². The molecule has 0 aromatic heterocycles. The molecule has 0 aliphatic carbocycles. The van der Waals surface area contributed by atoms with Crippen LogP contribution in [0.4, 0.5) is 0 Å². The van der Waals surface area contributed by atoms with Crippen molar-refractivity contribution in [1.82, 2.24) is 0 Å². The Bertz CT molecular complexity index is 91.3. The van der Waals surface area contributed by atoms with Gasteiger partial charge in [0.15, 0.2) is 0 Å². The smallest absolute Gasteiger partial charge is 0.0732 e. The lowest BCUT2D eigenvalue weighted by Gasteiger charge is -2.02. The van der Waals surface area contributed by atoms with E-state index in [1.807, 2.05) is 0 Å². The summed E-state index contributed by atoms with van der Waals surface area (Å²) >= 11 is 5.27. The molecule has 0 amide bonds. The lowest BCUT2D eigenvalue weighted by molar-refractivity contribution is 0.208. The molecule has 0 unspecified atom stereocenters. The van der Waals surface area contributed by atoms with Crippen molar-refractivity contribution in [3.8, 4) is 0 Å². The molecule has 0 aliphatic heterocycles. The zero-order chi connectivity index (χ0) is 7.82. The molecule has 10 heavy (non-hydrogen) atoms. The fourth-order valence-corrected chi connectivity index (χ4v) is 0.952. The maximum atomic E-state index is 9.10. The summed E-state index contributed by atoms with van der Waals surface area (Å²) in [6, 6.07) is 0. The van der Waals surface area contributed by atoms with Crippen molar-refractivity contribution >= 4 is 11.6 Å². The zero-order valence-corrected chi connectivity index (χ0v) is 7.14. The molecule has 0 saturated heterocycles. The van der Waals surface area contributed by atoms with Gasteiger partial charge in [-0.05, 0) is 12.5 Å². The molecule has 0 aliphatic rings. The van der Waals surface area contributed by atoms with Gasteiger partial charge in [-0.3, -0.25) is 0 Å². The summed E-state index contributed by atoms with van der Waals surface area (Å²) in [4.78, 5) is 0. The van der Waals surface area contributed by atoms with Crippen molar-refractivity contribution in [2.45, 2.75) is 38.7 Å². The first-order valence-corrected chi connectivity index (χ1v) is 4.19. The number of halogens is 1. The minimum Gasteiger partial charge on any atom is -0.389 e. The minimum atomic E-state index is -0.343. The first-order valence-electron chi connectivity index (χ1n) is 3.76. The SMILES string of the molecule is CCCCC[C@@H](O)/C=C/Cl. The maximum absolute atomic E-state index is 9.10. The average Bonchev–Trinajstić information content (AvgIpc) is 1.89. The Balaban J connectivity index is 3.13. The Labute approximate surface area is 67.7 Å². The molecule has 0 aromatic carbocycles. The summed E-state index contributed by atoms with van der Waals surface area (Å²) in [6.45, 7) is 2.14. The third kappa shape index (κ3) is 6.12. The largest absolute Gasteiger partial charge is 0.389 e. The van der Waals surface area contributed by atoms with Crippen molar-refractivity contribution in [3.63, 3.8) is 0 Å². The molecule has 0 bridgehead atoms. The number of aliphatic hydroxyl groups excluding tert-OH is 1. The summed E-state index contributed by atoms with van der Waals surface area (Å²) in [5, 5.41) is 9.10. The Kier molecular flexibility index (Phi) is 7.09. The summed E-state index contributed by atoms with van der Waals surface area (Å²) in [6.07, 6.45) is 5.56. The van der Waals surface area contributed by atoms with E-state index in [1.54, 1.807) is 6.08 Å². The van der Waals surface area contributed by atoms with Gasteiger partial charge in [0.2, 0.25) is 0 Å². The van der Waals surface area contributed by atoms with Crippen LogP contribution in [0.25, 0.3) is 0 Å². The van der Waals surface area contributed by atoms with Gasteiger partial charge in [0.25, 0.3) is 0 Å². The molecule has 0 heterocycles. The van der Waals surface area contributed by atoms with E-state index in [4.69, 9.17) is 16.7 Å². The first-order chi connectivity index (χ1) is 4.81. The Morgan fingerprint density at radius 2 is 2.20 bits per heavy atom. The van der Waals surface area contributed by atoms with Crippen LogP contribution in [0.1, 0.15) is 32.6 Å². The van der Waals surface area contributed by atoms with Crippen LogP contribution in [0.3, 0.4) is 0 Å². The highest BCUT2D eigenvalue weighted by molar-refractivity contribution is 6.25. The predicted molar refractivity (Wildman–Crippen MR) is 45.1 cm³/mol. The topological polar surface area (TPSA) is 20.2 Å². The van der Waals surface area contributed by atoms with Gasteiger partial charge in [-0.25, -0.2) is 0 Å². The monoisotopic (exact) mass is 162 g/mol. The van der Waals surface area contributed by atoms with E-state index in [0.717, 1.165) is 12.8 Å². The second kappa shape index (κ2) is 7.10. The van der Waals surface area contributed by atoms with E-state index in [2.05, 4.69) is 6.92 Å². The van der Waals surface area contributed by atoms with E-state index < -0.39 is 0 Å². The number of hydrogen-bond donors (Lipinski definition) is 1. The van der Waals surface area contributed by atoms with Gasteiger partial charge in [-0.2, -0.15) is 0 Å². The maximum Gasteiger partial charge on any atom is 0.0732 e. The van der Waals surface area contributed by atoms with Gasteiger partial charge in [0.05, 0.1) is 6.10 Å². The van der Waals surface area contributed by atoms with E-state index in [1.165, 1.54) is 18.4 Å². The molecule has 0 aromatic rings. The molecule has 0 rings (SSSR count). The molecule has 0 fully saturated rings. The highest BCUT2D eigenvalue weighted by atomic mass is 35.5. The van der Waals surface area contributed by atoms with E-state index in [0.29, 0.717) is 0 Å². The molecule has 1 nitrogen and oxygen atoms in total. The summed E-state index contributed by atoms with van der Waals surface area (Å²) in [5.41, 5.74) is 1.37. The molecule has 1 atom stereocenters. The molecular weight excluding hydrogens is 148 g/mol. The van der Waals surface area contributed by atoms with Gasteiger partial charge < -0.3 is 5.11 Å². The van der Waals surface area contributed by atoms with Crippen LogP contribution < -0.4 is 0 Å². The molecule has 0 saturated carbocycles. The Morgan fingerprint density at radius 1 is 1.50 bits per heavy atom. The molecule has 2 heteroatoms. The fourth-order valence-electron chi connectivity index (χ4n) is 0.784. The van der Waals surface area contributed by atoms with Crippen LogP contribution in [-0.4, -0.2) is 11.2 Å². The average molecular weight is 163 g/mol. The van der Waals surface area contributed by atoms with Crippen molar-refractivity contribution in [3.05, 3.63) is 11.6 Å². The fraction of sp³-hybridized carbons (Fsp3) is 0.750. The first kappa shape index (κ1) is 9.99. The molecule has 60 valence electrons. The highest BCUT2D eigenvalue weighted by Crippen LogP contribution is 2.04. The number of rotatable bonds is 5. The minimum absolute atomic E-state index is 0.343. The van der Waals surface area contributed by atoms with Crippen molar-refractivity contribution in [2.75, 3.05) is 0 Å². The third-order valence-electron chi connectivity index (χ3n) is 1.40. The Hall–Kier alpha value is -0.0100. The quantitative estimate of drug-likeness (QED) is 0.617. The van der Waals surface area contributed by atoms with E-state index in [-0.39, 0.29) is 6.10 Å². The molecule has 0 spiro atoms. The third-order valence-corrected chi connectivity index (χ3v) is 1.54. The lowest BCUT2D eigenvalue weighted by atomic mass is 10.1. The van der Waals surface area contributed by atoms with Crippen LogP contribution in [-0.2, 0) is 0 Å². The van der Waals surface area contributed by atoms with Crippen molar-refractivity contribution < 1.29 is 5.11 Å². The number of hydrogen-bond acceptors (Lipinski definition) is 1. The normalized spacial score (nSPS) is 14.3. The van der Waals surface area contributed by atoms with Crippen LogP contribution in [0.15, 0.2) is 11.6 Å². The van der Waals surface area contributed by atoms with Gasteiger partial charge in [0, 0.05) is 5.54 Å². The molecular formula is C8H15ClO. The molecule has 0 radical (unpaired) electrons. The second-order valence-corrected chi connectivity index (χ2v) is 2.63. The van der Waals surface area contributed by atoms with Crippen LogP contribution in [0.5, 0.6) is 0 Å². The summed E-state index contributed by atoms with van der Waals surface area (Å²) < 4.78 is 0. The van der Waals surface area contributed by atoms with Gasteiger partial charge in [0.1, 0.15) is 0 Å². The Morgan fingerprint density at radius 3 is 2.70 bits per heavy atom. The van der Waals surface area contributed by atoms with Gasteiger partial charge >= 0.3 is 0 Å². The van der Waals surface area contributed by atoms with Gasteiger partial charge in [-0.1, -0.05) is 37.8 Å². The predicted octanol–water partition coefficient (Wildman–Crippen LogP) is 2.68. The van der Waals surface area contributed by atoms with Crippen LogP contribution in [0.2, 0.25) is 0 Å². The number of unbranched alkanes of at least 4 members (excludes halogenated alkanes) is 2. The van der Waals surface area contributed by atoms with E-state index in [9.17, 15) is 0 Å². The van der Waals surface area contributed by atoms with E-state index >= 15 is 0 Å². The van der Waals surface area contributed by atoms with Crippen molar-refractivity contribution in [1.29, 1.82) is 0 Å². The molecule has 1 N–H and O–H groups in total. The second-order valence-electron chi connectivity index (χ2n) is 2.38. The highest BCUT2D eigenvalue weighted by Gasteiger charge is 1.96. The van der Waals surface area contributed by atoms with Crippen molar-refractivity contribution in [2.24, 2.45) is 0 Å². The lowest BCUT2D eigenvalue weighted by Crippen LogP contribution is -2.00. The summed E-state index contributed by atoms with van der Waals surface area (Å²) in [7, 11) is 0. The standard InChI is InChI=1S/C8H15ClO/c1-2-3-4-5-8(10)6-7-9/h6-8,10H,2-5H2,1H3/b7-6+/t8-/m1/s1. The summed E-state index contributed by atoms with van der Waals surface area (Å²) in [5.74, 6) is 0.